The van der Waals surface area contributed by atoms with Gasteiger partial charge in [-0.15, -0.1) is 0 Å². The van der Waals surface area contributed by atoms with Crippen LogP contribution in [0.3, 0.4) is 0 Å². The Bertz CT molecular complexity index is 798. The van der Waals surface area contributed by atoms with E-state index in [2.05, 4.69) is 5.32 Å². The van der Waals surface area contributed by atoms with Crippen LogP contribution in [0.5, 0.6) is 0 Å². The van der Waals surface area contributed by atoms with E-state index >= 15 is 0 Å². The smallest absolute Gasteiger partial charge is 0.338 e. The summed E-state index contributed by atoms with van der Waals surface area (Å²) in [5, 5.41) is 13.5. The maximum Gasteiger partial charge on any atom is 0.338 e. The predicted molar refractivity (Wildman–Crippen MR) is 93.3 cm³/mol. The molecule has 1 aliphatic rings. The molecule has 2 aromatic carbocycles. The minimum atomic E-state index is -0.534. The molecule has 1 fully saturated rings. The molecule has 3 rings (SSSR count). The molecular formula is C19H18N2O5. The van der Waals surface area contributed by atoms with E-state index < -0.39 is 10.9 Å². The molecule has 1 N–H and O–H groups in total. The lowest BCUT2D eigenvalue weighted by Crippen LogP contribution is -2.42. The van der Waals surface area contributed by atoms with Crippen molar-refractivity contribution < 1.29 is 19.2 Å². The molecule has 1 amide bonds. The van der Waals surface area contributed by atoms with Gasteiger partial charge in [0.15, 0.2) is 0 Å². The number of carbonyl (C=O) groups excluding carboxylic acids is 2. The van der Waals surface area contributed by atoms with Gasteiger partial charge in [0.05, 0.1) is 10.5 Å². The molecule has 0 aromatic heterocycles. The molecule has 2 aromatic rings. The number of ether oxygens (including phenoxy) is 1. The standard InChI is InChI=1S/C19H18N2O5/c22-18(20-12-13-4-2-1-3-5-13)15-10-17(11-15)26-19(23)14-6-8-16(9-7-14)21(24)25/h1-9,15,17H,10-12H2,(H,20,22)/t15-,17-. The summed E-state index contributed by atoms with van der Waals surface area (Å²) in [7, 11) is 0. The highest BCUT2D eigenvalue weighted by atomic mass is 16.6. The fourth-order valence-electron chi connectivity index (χ4n) is 2.74. The van der Waals surface area contributed by atoms with Crippen LogP contribution in [0.15, 0.2) is 54.6 Å². The van der Waals surface area contributed by atoms with Crippen molar-refractivity contribution in [3.63, 3.8) is 0 Å². The van der Waals surface area contributed by atoms with E-state index in [-0.39, 0.29) is 29.2 Å². The first-order chi connectivity index (χ1) is 12.5. The Labute approximate surface area is 150 Å². The highest BCUT2D eigenvalue weighted by molar-refractivity contribution is 5.90. The van der Waals surface area contributed by atoms with Crippen LogP contribution in [0.25, 0.3) is 0 Å². The Morgan fingerprint density at radius 2 is 1.73 bits per heavy atom. The molecule has 0 aliphatic heterocycles. The van der Waals surface area contributed by atoms with Gasteiger partial charge in [-0.05, 0) is 30.5 Å². The number of carbonyl (C=O) groups is 2. The third kappa shape index (κ3) is 4.24. The highest BCUT2D eigenvalue weighted by Crippen LogP contribution is 2.31. The van der Waals surface area contributed by atoms with Crippen LogP contribution in [0, 0.1) is 16.0 Å². The van der Waals surface area contributed by atoms with Crippen LogP contribution >= 0.6 is 0 Å². The zero-order valence-electron chi connectivity index (χ0n) is 14.0. The number of rotatable bonds is 6. The van der Waals surface area contributed by atoms with Crippen LogP contribution in [0.4, 0.5) is 5.69 Å². The van der Waals surface area contributed by atoms with Gasteiger partial charge in [0.25, 0.3) is 5.69 Å². The van der Waals surface area contributed by atoms with Gasteiger partial charge in [0, 0.05) is 24.6 Å². The number of hydrogen-bond acceptors (Lipinski definition) is 5. The van der Waals surface area contributed by atoms with E-state index in [1.165, 1.54) is 24.3 Å². The fraction of sp³-hybridized carbons (Fsp3) is 0.263. The Hall–Kier alpha value is -3.22. The third-order valence-corrected chi connectivity index (χ3v) is 4.36. The van der Waals surface area contributed by atoms with Crippen LogP contribution in [0.1, 0.15) is 28.8 Å². The van der Waals surface area contributed by atoms with Crippen molar-refractivity contribution in [2.45, 2.75) is 25.5 Å². The molecule has 26 heavy (non-hydrogen) atoms. The van der Waals surface area contributed by atoms with Crippen molar-refractivity contribution in [2.24, 2.45) is 5.92 Å². The lowest BCUT2D eigenvalue weighted by molar-refractivity contribution is -0.384. The molecule has 0 atom stereocenters. The summed E-state index contributed by atoms with van der Waals surface area (Å²) < 4.78 is 5.33. The Balaban J connectivity index is 1.42. The summed E-state index contributed by atoms with van der Waals surface area (Å²) in [5.74, 6) is -0.738. The van der Waals surface area contributed by atoms with Crippen molar-refractivity contribution in [3.05, 3.63) is 75.8 Å². The maximum atomic E-state index is 12.1. The number of nitrogens with zero attached hydrogens (tertiary/aromatic N) is 1. The first-order valence-electron chi connectivity index (χ1n) is 8.30. The van der Waals surface area contributed by atoms with Crippen LogP contribution < -0.4 is 5.32 Å². The lowest BCUT2D eigenvalue weighted by atomic mass is 9.81. The average Bonchev–Trinajstić information content (AvgIpc) is 2.63. The maximum absolute atomic E-state index is 12.1. The van der Waals surface area contributed by atoms with Gasteiger partial charge in [-0.3, -0.25) is 14.9 Å². The summed E-state index contributed by atoms with van der Waals surface area (Å²) in [4.78, 5) is 34.2. The number of nitrogens with one attached hydrogen (secondary N) is 1. The second kappa shape index (κ2) is 7.77. The minimum Gasteiger partial charge on any atom is -0.459 e. The number of benzene rings is 2. The number of amides is 1. The predicted octanol–water partition coefficient (Wildman–Crippen LogP) is 2.85. The molecule has 0 heterocycles. The third-order valence-electron chi connectivity index (χ3n) is 4.36. The molecule has 7 heteroatoms. The van der Waals surface area contributed by atoms with Crippen LogP contribution in [0.2, 0.25) is 0 Å². The Morgan fingerprint density at radius 3 is 2.35 bits per heavy atom. The second-order valence-electron chi connectivity index (χ2n) is 6.20. The first kappa shape index (κ1) is 17.6. The van der Waals surface area contributed by atoms with Crippen LogP contribution in [-0.4, -0.2) is 22.9 Å². The largest absolute Gasteiger partial charge is 0.459 e. The fourth-order valence-corrected chi connectivity index (χ4v) is 2.74. The summed E-state index contributed by atoms with van der Waals surface area (Å²) >= 11 is 0. The molecule has 0 radical (unpaired) electrons. The normalized spacial score (nSPS) is 18.5. The molecule has 7 nitrogen and oxygen atoms in total. The molecular weight excluding hydrogens is 336 g/mol. The number of nitro benzene ring substituents is 1. The zero-order valence-corrected chi connectivity index (χ0v) is 14.0. The van der Waals surface area contributed by atoms with E-state index in [9.17, 15) is 19.7 Å². The van der Waals surface area contributed by atoms with E-state index in [4.69, 9.17) is 4.74 Å². The lowest BCUT2D eigenvalue weighted by Gasteiger charge is -2.33. The number of hydrogen-bond donors (Lipinski definition) is 1. The van der Waals surface area contributed by atoms with E-state index in [1.54, 1.807) is 0 Å². The summed E-state index contributed by atoms with van der Waals surface area (Å²) in [6.45, 7) is 0.476. The zero-order chi connectivity index (χ0) is 18.5. The molecule has 0 saturated heterocycles. The van der Waals surface area contributed by atoms with Crippen molar-refractivity contribution in [1.29, 1.82) is 0 Å². The van der Waals surface area contributed by atoms with Crippen molar-refractivity contribution >= 4 is 17.6 Å². The van der Waals surface area contributed by atoms with Gasteiger partial charge in [0.1, 0.15) is 6.10 Å². The van der Waals surface area contributed by atoms with Gasteiger partial charge in [0.2, 0.25) is 5.91 Å². The molecule has 1 saturated carbocycles. The van der Waals surface area contributed by atoms with E-state index in [0.29, 0.717) is 19.4 Å². The Kier molecular flexibility index (Phi) is 5.26. The quantitative estimate of drug-likeness (QED) is 0.488. The molecule has 0 bridgehead atoms. The molecule has 0 unspecified atom stereocenters. The van der Waals surface area contributed by atoms with Crippen molar-refractivity contribution in [1.82, 2.24) is 5.32 Å². The minimum absolute atomic E-state index is 0.0449. The Morgan fingerprint density at radius 1 is 1.08 bits per heavy atom. The number of non-ortho nitro benzene ring substituents is 1. The summed E-state index contributed by atoms with van der Waals surface area (Å²) in [6, 6.07) is 14.9. The van der Waals surface area contributed by atoms with Gasteiger partial charge >= 0.3 is 5.97 Å². The highest BCUT2D eigenvalue weighted by Gasteiger charge is 2.37. The number of esters is 1. The molecule has 1 aliphatic carbocycles. The van der Waals surface area contributed by atoms with Gasteiger partial charge < -0.3 is 10.1 Å². The molecule has 134 valence electrons. The summed E-state index contributed by atoms with van der Waals surface area (Å²) in [6.07, 6.45) is 0.670. The van der Waals surface area contributed by atoms with Gasteiger partial charge in [-0.2, -0.15) is 0 Å². The van der Waals surface area contributed by atoms with E-state index in [1.807, 2.05) is 30.3 Å². The topological polar surface area (TPSA) is 98.5 Å². The molecule has 0 spiro atoms. The summed E-state index contributed by atoms with van der Waals surface area (Å²) in [5.41, 5.74) is 1.20. The van der Waals surface area contributed by atoms with Crippen LogP contribution in [-0.2, 0) is 16.1 Å². The van der Waals surface area contributed by atoms with E-state index in [0.717, 1.165) is 5.56 Å². The first-order valence-corrected chi connectivity index (χ1v) is 8.30. The van der Waals surface area contributed by atoms with Gasteiger partial charge in [-0.25, -0.2) is 4.79 Å². The average molecular weight is 354 g/mol. The van der Waals surface area contributed by atoms with Crippen molar-refractivity contribution in [3.8, 4) is 0 Å². The number of nitro groups is 1. The second-order valence-corrected chi connectivity index (χ2v) is 6.20. The van der Waals surface area contributed by atoms with Gasteiger partial charge in [-0.1, -0.05) is 30.3 Å². The SMILES string of the molecule is O=C(O[C@H]1C[C@H](C(=O)NCc2ccccc2)C1)c1ccc([N+](=O)[O-])cc1. The van der Waals surface area contributed by atoms with Crippen molar-refractivity contribution in [2.75, 3.05) is 0 Å². The monoisotopic (exact) mass is 354 g/mol.